The van der Waals surface area contributed by atoms with Crippen molar-refractivity contribution in [1.29, 1.82) is 0 Å². The van der Waals surface area contributed by atoms with Gasteiger partial charge in [0.05, 0.1) is 24.4 Å². The van der Waals surface area contributed by atoms with E-state index in [1.165, 1.54) is 19.4 Å². The van der Waals surface area contributed by atoms with Crippen molar-refractivity contribution in [2.75, 3.05) is 13.2 Å². The molecular formula is C39H62O13. The first kappa shape index (κ1) is 40.0. The van der Waals surface area contributed by atoms with E-state index < -0.39 is 83.5 Å². The zero-order chi connectivity index (χ0) is 38.1. The van der Waals surface area contributed by atoms with E-state index in [1.54, 1.807) is 0 Å². The van der Waals surface area contributed by atoms with E-state index in [-0.39, 0.29) is 48.4 Å². The summed E-state index contributed by atoms with van der Waals surface area (Å²) in [7, 11) is 0. The average molecular weight is 739 g/mol. The first-order chi connectivity index (χ1) is 24.3. The van der Waals surface area contributed by atoms with E-state index in [9.17, 15) is 40.2 Å². The standard InChI is InChI=1S/C39H62O13/c1-8-25-30(43)34(52-38(25,7)18-49-21(4)41)19(2)39(47)29(42)16-27-24-10-9-22-15-23(11-13-36(22,5)26(24)12-14-37(27,39)6)50-35-33(46)32(45)31(44)28(51-35)17-48-20(3)40/h10,19,22-23,25-35,42-47H,8-9,11-18H2,1-7H3. The summed E-state index contributed by atoms with van der Waals surface area (Å²) in [6.45, 7) is 12.4. The zero-order valence-electron chi connectivity index (χ0n) is 31.8. The normalized spacial score (nSPS) is 50.7. The molecule has 0 bridgehead atoms. The molecule has 13 heteroatoms. The van der Waals surface area contributed by atoms with Crippen molar-refractivity contribution < 1.29 is 63.9 Å². The summed E-state index contributed by atoms with van der Waals surface area (Å²) in [6, 6.07) is 0. The number of esters is 2. The molecule has 0 aromatic rings. The second kappa shape index (κ2) is 14.4. The molecule has 296 valence electrons. The van der Waals surface area contributed by atoms with Crippen molar-refractivity contribution in [3.8, 4) is 0 Å². The summed E-state index contributed by atoms with van der Waals surface area (Å²) in [5.74, 6) is -1.43. The molecule has 18 atom stereocenters. The summed E-state index contributed by atoms with van der Waals surface area (Å²) >= 11 is 0. The van der Waals surface area contributed by atoms with E-state index in [1.807, 2.05) is 20.8 Å². The van der Waals surface area contributed by atoms with Crippen molar-refractivity contribution >= 4 is 11.9 Å². The van der Waals surface area contributed by atoms with Gasteiger partial charge >= 0.3 is 11.9 Å². The fourth-order valence-electron chi connectivity index (χ4n) is 11.8. The van der Waals surface area contributed by atoms with Crippen LogP contribution in [0.3, 0.4) is 0 Å². The predicted octanol–water partition coefficient (Wildman–Crippen LogP) is 2.15. The van der Waals surface area contributed by atoms with Crippen LogP contribution < -0.4 is 0 Å². The number of carbonyl (C=O) groups is 2. The minimum Gasteiger partial charge on any atom is -0.463 e. The minimum atomic E-state index is -1.53. The fourth-order valence-corrected chi connectivity index (χ4v) is 11.8. The number of rotatable bonds is 9. The van der Waals surface area contributed by atoms with Gasteiger partial charge in [0.2, 0.25) is 0 Å². The van der Waals surface area contributed by atoms with Gasteiger partial charge in [0.1, 0.15) is 48.8 Å². The van der Waals surface area contributed by atoms with Gasteiger partial charge in [-0.1, -0.05) is 39.3 Å². The summed E-state index contributed by atoms with van der Waals surface area (Å²) in [5.41, 5.74) is -1.89. The van der Waals surface area contributed by atoms with Crippen LogP contribution in [0.15, 0.2) is 11.6 Å². The third-order valence-electron chi connectivity index (χ3n) is 14.9. The lowest BCUT2D eigenvalue weighted by Gasteiger charge is -2.59. The lowest BCUT2D eigenvalue weighted by Crippen LogP contribution is -2.61. The third-order valence-corrected chi connectivity index (χ3v) is 14.9. The van der Waals surface area contributed by atoms with Crippen LogP contribution in [-0.2, 0) is 33.3 Å². The number of hydrogen-bond donors (Lipinski definition) is 6. The molecule has 0 spiro atoms. The van der Waals surface area contributed by atoms with Gasteiger partial charge in [-0.05, 0) is 81.5 Å². The zero-order valence-corrected chi connectivity index (χ0v) is 31.8. The highest BCUT2D eigenvalue weighted by Crippen LogP contribution is 2.68. The first-order valence-electron chi connectivity index (χ1n) is 19.4. The Bertz CT molecular complexity index is 1370. The second-order valence-corrected chi connectivity index (χ2v) is 17.6. The Kier molecular flexibility index (Phi) is 11.1. The Hall–Kier alpha value is -1.68. The van der Waals surface area contributed by atoms with E-state index in [0.717, 1.165) is 19.3 Å². The SMILES string of the molecule is CCC1C(O)C(C(C)C2(O)C(O)CC3C4=CCC5CC(OC6OC(COC(C)=O)C(O)C(O)C6O)CCC5(C)C4CCC32C)OC1(C)COC(C)=O. The van der Waals surface area contributed by atoms with Crippen LogP contribution in [0, 0.1) is 40.4 Å². The van der Waals surface area contributed by atoms with Gasteiger partial charge in [0.25, 0.3) is 0 Å². The van der Waals surface area contributed by atoms with E-state index in [4.69, 9.17) is 23.7 Å². The number of aliphatic hydroxyl groups excluding tert-OH is 5. The number of allylic oxidation sites excluding steroid dienone is 2. The summed E-state index contributed by atoms with van der Waals surface area (Å²) < 4.78 is 29.0. The Labute approximate surface area is 307 Å². The van der Waals surface area contributed by atoms with Crippen molar-refractivity contribution in [3.05, 3.63) is 11.6 Å². The van der Waals surface area contributed by atoms with Gasteiger partial charge in [-0.2, -0.15) is 0 Å². The Morgan fingerprint density at radius 3 is 2.27 bits per heavy atom. The van der Waals surface area contributed by atoms with E-state index in [2.05, 4.69) is 19.9 Å². The van der Waals surface area contributed by atoms with Gasteiger partial charge in [0, 0.05) is 31.1 Å². The van der Waals surface area contributed by atoms with Gasteiger partial charge < -0.3 is 54.3 Å². The number of carbonyl (C=O) groups excluding carboxylic acids is 2. The summed E-state index contributed by atoms with van der Waals surface area (Å²) in [4.78, 5) is 23.0. The molecule has 3 saturated carbocycles. The Balaban J connectivity index is 1.17. The van der Waals surface area contributed by atoms with Gasteiger partial charge in [-0.3, -0.25) is 9.59 Å². The molecule has 2 saturated heterocycles. The summed E-state index contributed by atoms with van der Waals surface area (Å²) in [6.07, 6.45) is -1.69. The van der Waals surface area contributed by atoms with Crippen molar-refractivity contribution in [3.63, 3.8) is 0 Å². The molecule has 0 aromatic heterocycles. The van der Waals surface area contributed by atoms with Gasteiger partial charge in [-0.15, -0.1) is 0 Å². The smallest absolute Gasteiger partial charge is 0.302 e. The molecule has 4 aliphatic carbocycles. The van der Waals surface area contributed by atoms with Crippen LogP contribution in [0.4, 0.5) is 0 Å². The highest BCUT2D eigenvalue weighted by Gasteiger charge is 2.70. The number of aliphatic hydroxyl groups is 6. The maximum atomic E-state index is 12.8. The first-order valence-corrected chi connectivity index (χ1v) is 19.4. The molecule has 18 unspecified atom stereocenters. The number of ether oxygens (including phenoxy) is 5. The van der Waals surface area contributed by atoms with Crippen LogP contribution in [0.2, 0.25) is 0 Å². The van der Waals surface area contributed by atoms with Crippen LogP contribution in [-0.4, -0.2) is 122 Å². The van der Waals surface area contributed by atoms with Gasteiger partial charge in [0.15, 0.2) is 6.29 Å². The number of fused-ring (bicyclic) bond motifs is 5. The number of hydrogen-bond acceptors (Lipinski definition) is 13. The second-order valence-electron chi connectivity index (χ2n) is 17.6. The maximum Gasteiger partial charge on any atom is 0.302 e. The minimum absolute atomic E-state index is 0.00184. The molecule has 6 N–H and O–H groups in total. The fraction of sp³-hybridized carbons (Fsp3) is 0.897. The molecule has 52 heavy (non-hydrogen) atoms. The molecule has 6 rings (SSSR count). The van der Waals surface area contributed by atoms with Crippen LogP contribution in [0.25, 0.3) is 0 Å². The van der Waals surface area contributed by atoms with Crippen molar-refractivity contribution in [1.82, 2.24) is 0 Å². The third kappa shape index (κ3) is 6.37. The quantitative estimate of drug-likeness (QED) is 0.149. The van der Waals surface area contributed by atoms with Gasteiger partial charge in [-0.25, -0.2) is 0 Å². The van der Waals surface area contributed by atoms with Crippen LogP contribution in [0.5, 0.6) is 0 Å². The highest BCUT2D eigenvalue weighted by atomic mass is 16.7. The summed E-state index contributed by atoms with van der Waals surface area (Å²) in [5, 5.41) is 67.8. The average Bonchev–Trinajstić information content (AvgIpc) is 3.48. The molecule has 0 aromatic carbocycles. The Morgan fingerprint density at radius 1 is 0.923 bits per heavy atom. The molecule has 0 amide bonds. The maximum absolute atomic E-state index is 12.8. The molecule has 0 radical (unpaired) electrons. The van der Waals surface area contributed by atoms with Crippen molar-refractivity contribution in [2.45, 2.75) is 166 Å². The molecule has 6 aliphatic rings. The Morgan fingerprint density at radius 2 is 1.62 bits per heavy atom. The predicted molar refractivity (Wildman–Crippen MR) is 185 cm³/mol. The van der Waals surface area contributed by atoms with Crippen molar-refractivity contribution in [2.24, 2.45) is 40.4 Å². The highest BCUT2D eigenvalue weighted by molar-refractivity contribution is 5.66. The van der Waals surface area contributed by atoms with Crippen LogP contribution in [0.1, 0.15) is 99.8 Å². The largest absolute Gasteiger partial charge is 0.463 e. The van der Waals surface area contributed by atoms with Crippen LogP contribution >= 0.6 is 0 Å². The molecular weight excluding hydrogens is 676 g/mol. The molecule has 5 fully saturated rings. The molecule has 2 heterocycles. The lowest BCUT2D eigenvalue weighted by atomic mass is 9.47. The molecule has 13 nitrogen and oxygen atoms in total. The lowest BCUT2D eigenvalue weighted by molar-refractivity contribution is -0.316. The monoisotopic (exact) mass is 738 g/mol. The molecule has 2 aliphatic heterocycles. The topological polar surface area (TPSA) is 202 Å². The van der Waals surface area contributed by atoms with E-state index >= 15 is 0 Å². The van der Waals surface area contributed by atoms with E-state index in [0.29, 0.717) is 32.1 Å².